The Bertz CT molecular complexity index is 1290. The quantitative estimate of drug-likeness (QED) is 0.468. The van der Waals surface area contributed by atoms with E-state index in [1.54, 1.807) is 54.3 Å². The van der Waals surface area contributed by atoms with Crippen LogP contribution in [0, 0.1) is 0 Å². The molecule has 30 heavy (non-hydrogen) atoms. The molecule has 9 nitrogen and oxygen atoms in total. The summed E-state index contributed by atoms with van der Waals surface area (Å²) >= 11 is 0. The molecule has 2 aromatic heterocycles. The Morgan fingerprint density at radius 2 is 1.63 bits per heavy atom. The number of aromatic nitrogens is 4. The van der Waals surface area contributed by atoms with Gasteiger partial charge in [0.05, 0.1) is 23.9 Å². The first-order valence-electron chi connectivity index (χ1n) is 8.94. The van der Waals surface area contributed by atoms with Gasteiger partial charge in [0.1, 0.15) is 23.2 Å². The van der Waals surface area contributed by atoms with Crippen LogP contribution in [-0.4, -0.2) is 42.3 Å². The number of nitrogens with zero attached hydrogens (tertiary/aromatic N) is 5. The fraction of sp³-hybridized carbons (Fsp3) is 0.150. The molecule has 0 bridgehead atoms. The van der Waals surface area contributed by atoms with Gasteiger partial charge in [-0.3, -0.25) is 8.99 Å². The number of rotatable bonds is 6. The number of sulfonamides is 1. The third kappa shape index (κ3) is 3.52. The molecule has 0 aliphatic heterocycles. The maximum atomic E-state index is 12.9. The van der Waals surface area contributed by atoms with Crippen molar-refractivity contribution in [2.45, 2.75) is 4.90 Å². The zero-order valence-electron chi connectivity index (χ0n) is 16.6. The SMILES string of the molecule is COc1ccc(S(=O)(=O)N(C)c2ccc(Oc3ncnc4c3cnn4C)cc2)cc1. The largest absolute Gasteiger partial charge is 0.497 e. The van der Waals surface area contributed by atoms with E-state index in [4.69, 9.17) is 9.47 Å². The molecule has 2 heterocycles. The normalized spacial score (nSPS) is 11.4. The number of aryl methyl sites for hydroxylation is 1. The van der Waals surface area contributed by atoms with Crippen LogP contribution in [0.2, 0.25) is 0 Å². The highest BCUT2D eigenvalue weighted by atomic mass is 32.2. The lowest BCUT2D eigenvalue weighted by Crippen LogP contribution is -2.26. The number of hydrogen-bond acceptors (Lipinski definition) is 7. The van der Waals surface area contributed by atoms with Crippen LogP contribution in [0.5, 0.6) is 17.4 Å². The van der Waals surface area contributed by atoms with E-state index in [2.05, 4.69) is 15.1 Å². The van der Waals surface area contributed by atoms with Crippen LogP contribution in [0.1, 0.15) is 0 Å². The van der Waals surface area contributed by atoms with Gasteiger partial charge in [0, 0.05) is 14.1 Å². The van der Waals surface area contributed by atoms with Crippen molar-refractivity contribution >= 4 is 26.7 Å². The monoisotopic (exact) mass is 425 g/mol. The molecule has 0 fully saturated rings. The molecule has 0 N–H and O–H groups in total. The fourth-order valence-corrected chi connectivity index (χ4v) is 4.10. The second kappa shape index (κ2) is 7.64. The molecule has 4 aromatic rings. The maximum Gasteiger partial charge on any atom is 0.264 e. The summed E-state index contributed by atoms with van der Waals surface area (Å²) in [4.78, 5) is 8.51. The van der Waals surface area contributed by atoms with Crippen LogP contribution in [0.4, 0.5) is 5.69 Å². The third-order valence-electron chi connectivity index (χ3n) is 4.63. The number of hydrogen-bond donors (Lipinski definition) is 0. The summed E-state index contributed by atoms with van der Waals surface area (Å²) in [6.07, 6.45) is 3.04. The molecule has 0 radical (unpaired) electrons. The molecule has 0 atom stereocenters. The molecule has 0 saturated heterocycles. The van der Waals surface area contributed by atoms with Gasteiger partial charge in [0.25, 0.3) is 10.0 Å². The van der Waals surface area contributed by atoms with Gasteiger partial charge in [-0.25, -0.2) is 18.4 Å². The molecular weight excluding hydrogens is 406 g/mol. The summed E-state index contributed by atoms with van der Waals surface area (Å²) in [5.41, 5.74) is 1.15. The third-order valence-corrected chi connectivity index (χ3v) is 6.43. The minimum atomic E-state index is -3.71. The van der Waals surface area contributed by atoms with Crippen molar-refractivity contribution in [2.24, 2.45) is 7.05 Å². The molecule has 0 saturated carbocycles. The van der Waals surface area contributed by atoms with E-state index in [1.165, 1.54) is 36.9 Å². The first-order valence-corrected chi connectivity index (χ1v) is 10.4. The van der Waals surface area contributed by atoms with Crippen LogP contribution in [0.15, 0.2) is 66.0 Å². The van der Waals surface area contributed by atoms with Gasteiger partial charge in [-0.15, -0.1) is 0 Å². The minimum Gasteiger partial charge on any atom is -0.497 e. The number of anilines is 1. The first-order chi connectivity index (χ1) is 14.4. The summed E-state index contributed by atoms with van der Waals surface area (Å²) in [5, 5.41) is 4.84. The highest BCUT2D eigenvalue weighted by Gasteiger charge is 2.21. The number of benzene rings is 2. The second-order valence-electron chi connectivity index (χ2n) is 6.43. The zero-order valence-corrected chi connectivity index (χ0v) is 17.4. The van der Waals surface area contributed by atoms with Gasteiger partial charge >= 0.3 is 0 Å². The van der Waals surface area contributed by atoms with Crippen molar-refractivity contribution in [3.8, 4) is 17.4 Å². The molecule has 0 unspecified atom stereocenters. The summed E-state index contributed by atoms with van der Waals surface area (Å²) < 4.78 is 39.5. The molecule has 4 rings (SSSR count). The van der Waals surface area contributed by atoms with E-state index in [0.29, 0.717) is 34.1 Å². The molecule has 0 spiro atoms. The Morgan fingerprint density at radius 1 is 0.967 bits per heavy atom. The highest BCUT2D eigenvalue weighted by molar-refractivity contribution is 7.92. The standard InChI is InChI=1S/C20H19N5O4S/c1-24-19-18(12-23-24)20(22-13-21-19)29-16-6-4-14(5-7-16)25(2)30(26,27)17-10-8-15(28-3)9-11-17/h4-13H,1-3H3. The number of methoxy groups -OCH3 is 1. The van der Waals surface area contributed by atoms with E-state index >= 15 is 0 Å². The Hall–Kier alpha value is -3.66. The summed E-state index contributed by atoms with van der Waals surface area (Å²) in [6, 6.07) is 12.9. The van der Waals surface area contributed by atoms with Crippen LogP contribution in [0.3, 0.4) is 0 Å². The van der Waals surface area contributed by atoms with Crippen molar-refractivity contribution < 1.29 is 17.9 Å². The number of fused-ring (bicyclic) bond motifs is 1. The van der Waals surface area contributed by atoms with E-state index in [-0.39, 0.29) is 4.90 Å². The van der Waals surface area contributed by atoms with E-state index in [0.717, 1.165) is 0 Å². The Balaban J connectivity index is 1.56. The van der Waals surface area contributed by atoms with E-state index < -0.39 is 10.0 Å². The molecular formula is C20H19N5O4S. The highest BCUT2D eigenvalue weighted by Crippen LogP contribution is 2.29. The first kappa shape index (κ1) is 19.6. The maximum absolute atomic E-state index is 12.9. The predicted octanol–water partition coefficient (Wildman–Crippen LogP) is 2.99. The minimum absolute atomic E-state index is 0.172. The Labute approximate surface area is 173 Å². The number of ether oxygens (including phenoxy) is 2. The average Bonchev–Trinajstić information content (AvgIpc) is 3.16. The molecule has 0 aliphatic rings. The van der Waals surface area contributed by atoms with Gasteiger partial charge in [-0.2, -0.15) is 5.10 Å². The van der Waals surface area contributed by atoms with Crippen molar-refractivity contribution in [1.82, 2.24) is 19.7 Å². The van der Waals surface area contributed by atoms with E-state index in [9.17, 15) is 8.42 Å². The van der Waals surface area contributed by atoms with Gasteiger partial charge in [0.15, 0.2) is 5.65 Å². The second-order valence-corrected chi connectivity index (χ2v) is 8.40. The molecule has 154 valence electrons. The van der Waals surface area contributed by atoms with Crippen molar-refractivity contribution in [2.75, 3.05) is 18.5 Å². The molecule has 10 heteroatoms. The topological polar surface area (TPSA) is 99.4 Å². The van der Waals surface area contributed by atoms with Crippen molar-refractivity contribution in [1.29, 1.82) is 0 Å². The van der Waals surface area contributed by atoms with Gasteiger partial charge in [0.2, 0.25) is 5.88 Å². The Morgan fingerprint density at radius 3 is 2.30 bits per heavy atom. The van der Waals surface area contributed by atoms with Crippen LogP contribution < -0.4 is 13.8 Å². The smallest absolute Gasteiger partial charge is 0.264 e. The van der Waals surface area contributed by atoms with Crippen molar-refractivity contribution in [3.63, 3.8) is 0 Å². The van der Waals surface area contributed by atoms with Gasteiger partial charge < -0.3 is 9.47 Å². The lowest BCUT2D eigenvalue weighted by molar-refractivity contribution is 0.414. The lowest BCUT2D eigenvalue weighted by atomic mass is 10.3. The van der Waals surface area contributed by atoms with Gasteiger partial charge in [-0.1, -0.05) is 0 Å². The molecule has 0 aliphatic carbocycles. The van der Waals surface area contributed by atoms with Gasteiger partial charge in [-0.05, 0) is 48.5 Å². The van der Waals surface area contributed by atoms with Crippen LogP contribution >= 0.6 is 0 Å². The van der Waals surface area contributed by atoms with Crippen LogP contribution in [0.25, 0.3) is 11.0 Å². The predicted molar refractivity (Wildman–Crippen MR) is 111 cm³/mol. The summed E-state index contributed by atoms with van der Waals surface area (Å²) in [5.74, 6) is 1.48. The summed E-state index contributed by atoms with van der Waals surface area (Å²) in [7, 11) is 1.10. The van der Waals surface area contributed by atoms with Crippen molar-refractivity contribution in [3.05, 3.63) is 61.1 Å². The van der Waals surface area contributed by atoms with Crippen LogP contribution in [-0.2, 0) is 17.1 Å². The Kier molecular flexibility index (Phi) is 5.00. The average molecular weight is 425 g/mol. The molecule has 2 aromatic carbocycles. The summed E-state index contributed by atoms with van der Waals surface area (Å²) in [6.45, 7) is 0. The lowest BCUT2D eigenvalue weighted by Gasteiger charge is -2.20. The zero-order chi connectivity index (χ0) is 21.3. The molecule has 0 amide bonds. The fourth-order valence-electron chi connectivity index (χ4n) is 2.90. The van der Waals surface area contributed by atoms with E-state index in [1.807, 2.05) is 0 Å².